The van der Waals surface area contributed by atoms with Gasteiger partial charge in [0, 0.05) is 33.0 Å². The van der Waals surface area contributed by atoms with Crippen molar-refractivity contribution in [2.45, 2.75) is 0 Å². The minimum Gasteiger partial charge on any atom is -0.293 e. The van der Waals surface area contributed by atoms with Crippen LogP contribution in [-0.4, -0.2) is 24.1 Å². The zero-order valence-corrected chi connectivity index (χ0v) is 25.8. The van der Waals surface area contributed by atoms with Crippen molar-refractivity contribution in [2.24, 2.45) is 0 Å². The molecule has 10 aromatic rings. The van der Waals surface area contributed by atoms with E-state index in [1.165, 1.54) is 16.2 Å². The van der Waals surface area contributed by atoms with E-state index in [-0.39, 0.29) is 0 Å². The third-order valence-corrected chi connectivity index (χ3v) is 9.30. The molecule has 0 unspecified atom stereocenters. The number of hydrogen-bond acceptors (Lipinski definition) is 3. The normalized spacial score (nSPS) is 11.8. The molecule has 0 saturated carbocycles. The average molecular weight is 614 g/mol. The second-order valence-corrected chi connectivity index (χ2v) is 12.1. The van der Waals surface area contributed by atoms with Crippen LogP contribution in [0, 0.1) is 0 Å². The van der Waals surface area contributed by atoms with Crippen LogP contribution in [0.5, 0.6) is 0 Å². The van der Waals surface area contributed by atoms with Gasteiger partial charge in [0.1, 0.15) is 11.6 Å². The number of fused-ring (bicyclic) bond motifs is 7. The molecule has 0 atom stereocenters. The quantitative estimate of drug-likeness (QED) is 0.198. The van der Waals surface area contributed by atoms with E-state index in [1.807, 2.05) is 30.3 Å². The summed E-state index contributed by atoms with van der Waals surface area (Å²) in [5.74, 6) is 2.50. The lowest BCUT2D eigenvalue weighted by atomic mass is 10.0. The summed E-state index contributed by atoms with van der Waals surface area (Å²) in [6, 6.07) is 57.1. The van der Waals surface area contributed by atoms with Crippen LogP contribution in [0.3, 0.4) is 0 Å². The molecule has 10 rings (SSSR count). The molecule has 0 saturated heterocycles. The Hall–Kier alpha value is -6.59. The number of rotatable bonds is 4. The molecule has 0 spiro atoms. The molecular formula is C43H27N5. The highest BCUT2D eigenvalue weighted by molar-refractivity contribution is 6.23. The van der Waals surface area contributed by atoms with Crippen LogP contribution in [0.15, 0.2) is 164 Å². The summed E-state index contributed by atoms with van der Waals surface area (Å²) in [4.78, 5) is 15.5. The first-order valence-electron chi connectivity index (χ1n) is 16.1. The molecule has 3 heterocycles. The van der Waals surface area contributed by atoms with E-state index in [1.54, 1.807) is 0 Å². The van der Waals surface area contributed by atoms with Crippen molar-refractivity contribution in [3.05, 3.63) is 164 Å². The Labute approximate surface area is 276 Å². The summed E-state index contributed by atoms with van der Waals surface area (Å²) >= 11 is 0. The fourth-order valence-electron chi connectivity index (χ4n) is 7.16. The summed E-state index contributed by atoms with van der Waals surface area (Å²) in [6.45, 7) is 0. The van der Waals surface area contributed by atoms with Gasteiger partial charge in [0.15, 0.2) is 5.82 Å². The van der Waals surface area contributed by atoms with Gasteiger partial charge in [-0.1, -0.05) is 115 Å². The molecule has 0 fully saturated rings. The Kier molecular flexibility index (Phi) is 5.81. The van der Waals surface area contributed by atoms with Gasteiger partial charge in [-0.05, 0) is 59.3 Å². The average Bonchev–Trinajstić information content (AvgIpc) is 3.70. The number of aromatic nitrogens is 5. The lowest BCUT2D eigenvalue weighted by Crippen LogP contribution is -2.02. The maximum absolute atomic E-state index is 5.27. The maximum atomic E-state index is 5.27. The molecule has 0 N–H and O–H groups in total. The second-order valence-electron chi connectivity index (χ2n) is 12.1. The molecule has 0 radical (unpaired) electrons. The molecule has 48 heavy (non-hydrogen) atoms. The van der Waals surface area contributed by atoms with Gasteiger partial charge in [-0.25, -0.2) is 15.0 Å². The van der Waals surface area contributed by atoms with Crippen LogP contribution in [-0.2, 0) is 0 Å². The standard InChI is InChI=1S/C43H27N5/c1-4-14-28(15-5-1)41-44-35-22-12-10-20-32(35)43(46-41)48-37-23-13-11-21-33(37)40-34-27-39-36(26-30(34)24-25-38(40)48)45-42(29-16-6-2-7-17-29)47(39)31-18-8-3-9-19-31/h1-27H. The van der Waals surface area contributed by atoms with Gasteiger partial charge in [-0.3, -0.25) is 9.13 Å². The molecular weight excluding hydrogens is 587 g/mol. The highest BCUT2D eigenvalue weighted by atomic mass is 15.1. The first-order valence-corrected chi connectivity index (χ1v) is 16.1. The highest BCUT2D eigenvalue weighted by Crippen LogP contribution is 2.40. The topological polar surface area (TPSA) is 48.5 Å². The maximum Gasteiger partial charge on any atom is 0.162 e. The largest absolute Gasteiger partial charge is 0.293 e. The molecule has 0 aliphatic heterocycles. The van der Waals surface area contributed by atoms with Gasteiger partial charge in [0.05, 0.1) is 27.6 Å². The summed E-state index contributed by atoms with van der Waals surface area (Å²) < 4.78 is 4.60. The third kappa shape index (κ3) is 4.01. The Balaban J connectivity index is 1.32. The first kappa shape index (κ1) is 26.6. The summed E-state index contributed by atoms with van der Waals surface area (Å²) in [6.07, 6.45) is 0. The Morgan fingerprint density at radius 1 is 0.396 bits per heavy atom. The summed E-state index contributed by atoms with van der Waals surface area (Å²) in [5, 5.41) is 5.69. The zero-order valence-electron chi connectivity index (χ0n) is 25.8. The van der Waals surface area contributed by atoms with Crippen molar-refractivity contribution in [3.8, 4) is 34.3 Å². The van der Waals surface area contributed by atoms with Gasteiger partial charge >= 0.3 is 0 Å². The van der Waals surface area contributed by atoms with Crippen molar-refractivity contribution in [1.29, 1.82) is 0 Å². The number of imidazole rings is 1. The molecule has 0 aliphatic rings. The molecule has 3 aromatic heterocycles. The number of benzene rings is 7. The predicted molar refractivity (Wildman–Crippen MR) is 197 cm³/mol. The van der Waals surface area contributed by atoms with Crippen LogP contribution in [0.1, 0.15) is 0 Å². The highest BCUT2D eigenvalue weighted by Gasteiger charge is 2.21. The lowest BCUT2D eigenvalue weighted by Gasteiger charge is -2.13. The Morgan fingerprint density at radius 3 is 1.85 bits per heavy atom. The van der Waals surface area contributed by atoms with E-state index < -0.39 is 0 Å². The molecule has 5 nitrogen and oxygen atoms in total. The molecule has 0 amide bonds. The van der Waals surface area contributed by atoms with Gasteiger partial charge in [-0.2, -0.15) is 0 Å². The minimum atomic E-state index is 0.706. The van der Waals surface area contributed by atoms with Crippen molar-refractivity contribution < 1.29 is 0 Å². The number of para-hydroxylation sites is 3. The van der Waals surface area contributed by atoms with Crippen molar-refractivity contribution in [1.82, 2.24) is 24.1 Å². The fraction of sp³-hybridized carbons (Fsp3) is 0. The smallest absolute Gasteiger partial charge is 0.162 e. The lowest BCUT2D eigenvalue weighted by molar-refractivity contribution is 1.08. The predicted octanol–water partition coefficient (Wildman–Crippen LogP) is 10.6. The Morgan fingerprint density at radius 2 is 1.06 bits per heavy atom. The van der Waals surface area contributed by atoms with E-state index in [0.29, 0.717) is 5.82 Å². The second kappa shape index (κ2) is 10.5. The molecule has 0 aliphatic carbocycles. The van der Waals surface area contributed by atoms with E-state index in [0.717, 1.165) is 66.8 Å². The van der Waals surface area contributed by atoms with Crippen molar-refractivity contribution >= 4 is 54.5 Å². The van der Waals surface area contributed by atoms with Crippen LogP contribution in [0.4, 0.5) is 0 Å². The first-order chi connectivity index (χ1) is 23.8. The summed E-state index contributed by atoms with van der Waals surface area (Å²) in [5.41, 5.74) is 8.28. The third-order valence-electron chi connectivity index (χ3n) is 9.30. The van der Waals surface area contributed by atoms with Crippen LogP contribution in [0.25, 0.3) is 88.8 Å². The fourth-order valence-corrected chi connectivity index (χ4v) is 7.16. The zero-order chi connectivity index (χ0) is 31.6. The van der Waals surface area contributed by atoms with Crippen LogP contribution >= 0.6 is 0 Å². The Bertz CT molecular complexity index is 2820. The van der Waals surface area contributed by atoms with Crippen molar-refractivity contribution in [3.63, 3.8) is 0 Å². The minimum absolute atomic E-state index is 0.706. The monoisotopic (exact) mass is 613 g/mol. The summed E-state index contributed by atoms with van der Waals surface area (Å²) in [7, 11) is 0. The van der Waals surface area contributed by atoms with Crippen molar-refractivity contribution in [2.75, 3.05) is 0 Å². The molecule has 0 bridgehead atoms. The number of nitrogens with zero attached hydrogens (tertiary/aromatic N) is 5. The van der Waals surface area contributed by atoms with E-state index in [2.05, 4.69) is 143 Å². The van der Waals surface area contributed by atoms with E-state index in [9.17, 15) is 0 Å². The number of hydrogen-bond donors (Lipinski definition) is 0. The van der Waals surface area contributed by atoms with Gasteiger partial charge < -0.3 is 0 Å². The SMILES string of the molecule is c1ccc(-c2nc(-n3c4ccccc4c4c5cc6c(cc5ccc43)nc(-c3ccccc3)n6-c3ccccc3)c3ccccc3n2)cc1. The van der Waals surface area contributed by atoms with Gasteiger partial charge in [-0.15, -0.1) is 0 Å². The van der Waals surface area contributed by atoms with Crippen LogP contribution in [0.2, 0.25) is 0 Å². The van der Waals surface area contributed by atoms with Gasteiger partial charge in [0.25, 0.3) is 0 Å². The van der Waals surface area contributed by atoms with Gasteiger partial charge in [0.2, 0.25) is 0 Å². The molecule has 7 aromatic carbocycles. The van der Waals surface area contributed by atoms with Crippen LogP contribution < -0.4 is 0 Å². The molecule has 5 heteroatoms. The van der Waals surface area contributed by atoms with E-state index in [4.69, 9.17) is 15.0 Å². The molecule has 224 valence electrons. The van der Waals surface area contributed by atoms with E-state index >= 15 is 0 Å².